The van der Waals surface area contributed by atoms with Gasteiger partial charge in [0.25, 0.3) is 0 Å². The Morgan fingerprint density at radius 2 is 2.19 bits per heavy atom. The molecule has 0 fully saturated rings. The molecular weight excluding hydrogens is 258 g/mol. The molecule has 1 atom stereocenters. The predicted octanol–water partition coefficient (Wildman–Crippen LogP) is 5.45. The molecule has 1 unspecified atom stereocenters. The Morgan fingerprint density at radius 1 is 1.38 bits per heavy atom. The smallest absolute Gasteiger partial charge is 0.129 e. The minimum absolute atomic E-state index is 0.297. The molecular formula is C19H25NO. The highest BCUT2D eigenvalue weighted by atomic mass is 16.1. The van der Waals surface area contributed by atoms with Crippen molar-refractivity contribution in [3.63, 3.8) is 0 Å². The van der Waals surface area contributed by atoms with Crippen molar-refractivity contribution >= 4 is 22.8 Å². The van der Waals surface area contributed by atoms with Gasteiger partial charge in [-0.25, -0.2) is 0 Å². The molecule has 0 aliphatic carbocycles. The first-order valence-electron chi connectivity index (χ1n) is 7.88. The maximum atomic E-state index is 11.0. The number of hydrogen-bond donors (Lipinski definition) is 1. The van der Waals surface area contributed by atoms with Gasteiger partial charge >= 0.3 is 0 Å². The lowest BCUT2D eigenvalue weighted by molar-refractivity contribution is -0.117. The van der Waals surface area contributed by atoms with E-state index < -0.39 is 0 Å². The highest BCUT2D eigenvalue weighted by molar-refractivity contribution is 5.85. The number of Topliss-reactive ketones (excluding diaryl/α,β-unsaturated/α-hetero) is 1. The standard InChI is InChI=1S/C19H25NO/c1-4-15-10-11-19-17(12-15)18(13-20-19)16(5-2)9-7-6-8-14(3)21/h4,10-13,16,20H,1,5-9H2,2-3H3. The van der Waals surface area contributed by atoms with Gasteiger partial charge in [0.2, 0.25) is 0 Å². The second-order valence-corrected chi connectivity index (χ2v) is 5.81. The van der Waals surface area contributed by atoms with Gasteiger partial charge in [0, 0.05) is 23.5 Å². The molecule has 1 heterocycles. The number of nitrogens with one attached hydrogen (secondary N) is 1. The van der Waals surface area contributed by atoms with Crippen molar-refractivity contribution < 1.29 is 4.79 Å². The summed E-state index contributed by atoms with van der Waals surface area (Å²) in [6, 6.07) is 6.42. The zero-order chi connectivity index (χ0) is 15.2. The number of benzene rings is 1. The first-order chi connectivity index (χ1) is 10.2. The van der Waals surface area contributed by atoms with Crippen LogP contribution >= 0.6 is 0 Å². The summed E-state index contributed by atoms with van der Waals surface area (Å²) in [4.78, 5) is 14.4. The second-order valence-electron chi connectivity index (χ2n) is 5.81. The third-order valence-electron chi connectivity index (χ3n) is 4.24. The van der Waals surface area contributed by atoms with Crippen molar-refractivity contribution in [2.75, 3.05) is 0 Å². The molecule has 1 N–H and O–H groups in total. The molecule has 2 aromatic rings. The Labute approximate surface area is 127 Å². The lowest BCUT2D eigenvalue weighted by Gasteiger charge is -2.14. The Bertz CT molecular complexity index is 624. The van der Waals surface area contributed by atoms with Crippen LogP contribution in [0.3, 0.4) is 0 Å². The molecule has 0 aliphatic rings. The number of ketones is 1. The van der Waals surface area contributed by atoms with E-state index in [9.17, 15) is 4.79 Å². The van der Waals surface area contributed by atoms with Gasteiger partial charge in [0.1, 0.15) is 5.78 Å². The van der Waals surface area contributed by atoms with Crippen molar-refractivity contribution in [3.05, 3.63) is 42.1 Å². The normalized spacial score (nSPS) is 12.5. The van der Waals surface area contributed by atoms with Crippen LogP contribution in [0.2, 0.25) is 0 Å². The van der Waals surface area contributed by atoms with Crippen molar-refractivity contribution in [3.8, 4) is 0 Å². The number of fused-ring (bicyclic) bond motifs is 1. The van der Waals surface area contributed by atoms with Gasteiger partial charge in [-0.05, 0) is 55.4 Å². The van der Waals surface area contributed by atoms with Crippen LogP contribution in [0, 0.1) is 0 Å². The number of aromatic amines is 1. The molecule has 0 aliphatic heterocycles. The summed E-state index contributed by atoms with van der Waals surface area (Å²) in [5, 5.41) is 1.31. The number of hydrogen-bond acceptors (Lipinski definition) is 1. The Kier molecular flexibility index (Phi) is 5.38. The summed E-state index contributed by atoms with van der Waals surface area (Å²) in [7, 11) is 0. The topological polar surface area (TPSA) is 32.9 Å². The molecule has 2 rings (SSSR count). The van der Waals surface area contributed by atoms with Gasteiger partial charge in [-0.15, -0.1) is 0 Å². The van der Waals surface area contributed by atoms with Crippen LogP contribution < -0.4 is 0 Å². The van der Waals surface area contributed by atoms with Crippen LogP contribution in [0.1, 0.15) is 63.0 Å². The van der Waals surface area contributed by atoms with Crippen LogP contribution in [-0.4, -0.2) is 10.8 Å². The number of unbranched alkanes of at least 4 members (excludes halogenated alkanes) is 1. The summed E-state index contributed by atoms with van der Waals surface area (Å²) in [5.41, 5.74) is 3.76. The van der Waals surface area contributed by atoms with Crippen LogP contribution in [0.25, 0.3) is 17.0 Å². The van der Waals surface area contributed by atoms with E-state index in [1.807, 2.05) is 6.08 Å². The van der Waals surface area contributed by atoms with E-state index in [0.29, 0.717) is 18.1 Å². The zero-order valence-corrected chi connectivity index (χ0v) is 13.1. The highest BCUT2D eigenvalue weighted by Gasteiger charge is 2.14. The molecule has 0 spiro atoms. The summed E-state index contributed by atoms with van der Waals surface area (Å²) in [6.07, 6.45) is 9.16. The summed E-state index contributed by atoms with van der Waals surface area (Å²) < 4.78 is 0. The number of rotatable bonds is 8. The lowest BCUT2D eigenvalue weighted by Crippen LogP contribution is -1.98. The van der Waals surface area contributed by atoms with Gasteiger partial charge in [-0.3, -0.25) is 0 Å². The molecule has 1 aromatic carbocycles. The maximum absolute atomic E-state index is 11.0. The fourth-order valence-electron chi connectivity index (χ4n) is 2.97. The Balaban J connectivity index is 2.13. The molecule has 1 aromatic heterocycles. The first-order valence-corrected chi connectivity index (χ1v) is 7.88. The predicted molar refractivity (Wildman–Crippen MR) is 90.6 cm³/mol. The van der Waals surface area contributed by atoms with E-state index in [4.69, 9.17) is 0 Å². The monoisotopic (exact) mass is 283 g/mol. The second kappa shape index (κ2) is 7.26. The SMILES string of the molecule is C=Cc1ccc2[nH]cc(C(CC)CCCCC(C)=O)c2c1. The van der Waals surface area contributed by atoms with Gasteiger partial charge in [0.05, 0.1) is 0 Å². The molecule has 21 heavy (non-hydrogen) atoms. The molecule has 0 saturated carbocycles. The first kappa shape index (κ1) is 15.6. The van der Waals surface area contributed by atoms with E-state index in [1.54, 1.807) is 6.92 Å². The molecule has 112 valence electrons. The number of aromatic nitrogens is 1. The van der Waals surface area contributed by atoms with E-state index in [-0.39, 0.29) is 0 Å². The average Bonchev–Trinajstić information content (AvgIpc) is 2.90. The van der Waals surface area contributed by atoms with Crippen LogP contribution in [0.5, 0.6) is 0 Å². The number of H-pyrrole nitrogens is 1. The minimum Gasteiger partial charge on any atom is -0.361 e. The summed E-state index contributed by atoms with van der Waals surface area (Å²) in [5.74, 6) is 0.858. The fourth-order valence-corrected chi connectivity index (χ4v) is 2.97. The zero-order valence-electron chi connectivity index (χ0n) is 13.1. The van der Waals surface area contributed by atoms with Crippen LogP contribution in [0.15, 0.2) is 31.0 Å². The van der Waals surface area contributed by atoms with Gasteiger partial charge in [-0.2, -0.15) is 0 Å². The number of carbonyl (C=O) groups excluding carboxylic acids is 1. The summed E-state index contributed by atoms with van der Waals surface area (Å²) in [6.45, 7) is 7.77. The van der Waals surface area contributed by atoms with Gasteiger partial charge in [0.15, 0.2) is 0 Å². The summed E-state index contributed by atoms with van der Waals surface area (Å²) >= 11 is 0. The van der Waals surface area contributed by atoms with E-state index in [1.165, 1.54) is 16.5 Å². The third-order valence-corrected chi connectivity index (χ3v) is 4.24. The lowest BCUT2D eigenvalue weighted by atomic mass is 9.90. The molecule has 0 saturated heterocycles. The highest BCUT2D eigenvalue weighted by Crippen LogP contribution is 2.32. The van der Waals surface area contributed by atoms with Gasteiger partial charge in [-0.1, -0.05) is 32.1 Å². The van der Waals surface area contributed by atoms with Crippen molar-refractivity contribution in [2.45, 2.75) is 51.9 Å². The minimum atomic E-state index is 0.297. The Morgan fingerprint density at radius 3 is 2.86 bits per heavy atom. The van der Waals surface area contributed by atoms with E-state index >= 15 is 0 Å². The fraction of sp³-hybridized carbons (Fsp3) is 0.421. The van der Waals surface area contributed by atoms with Gasteiger partial charge < -0.3 is 9.78 Å². The van der Waals surface area contributed by atoms with Crippen molar-refractivity contribution in [1.29, 1.82) is 0 Å². The number of carbonyl (C=O) groups is 1. The van der Waals surface area contributed by atoms with Crippen LogP contribution in [0.4, 0.5) is 0 Å². The molecule has 0 radical (unpaired) electrons. The van der Waals surface area contributed by atoms with E-state index in [2.05, 4.69) is 42.9 Å². The Hall–Kier alpha value is -1.83. The third kappa shape index (κ3) is 3.84. The molecule has 0 bridgehead atoms. The quantitative estimate of drug-likeness (QED) is 0.642. The van der Waals surface area contributed by atoms with Crippen molar-refractivity contribution in [1.82, 2.24) is 4.98 Å². The molecule has 2 heteroatoms. The largest absolute Gasteiger partial charge is 0.361 e. The molecule has 0 amide bonds. The molecule has 2 nitrogen and oxygen atoms in total. The maximum Gasteiger partial charge on any atom is 0.129 e. The average molecular weight is 283 g/mol. The van der Waals surface area contributed by atoms with Crippen molar-refractivity contribution in [2.24, 2.45) is 0 Å². The van der Waals surface area contributed by atoms with E-state index in [0.717, 1.165) is 31.2 Å². The van der Waals surface area contributed by atoms with Crippen LogP contribution in [-0.2, 0) is 4.79 Å².